The van der Waals surface area contributed by atoms with Crippen molar-refractivity contribution >= 4 is 0 Å². The molecule has 1 aromatic rings. The first-order valence-electron chi connectivity index (χ1n) is 7.66. The molecule has 1 heterocycles. The lowest BCUT2D eigenvalue weighted by Crippen LogP contribution is -2.27. The number of tetrazole rings is 1. The molecule has 1 N–H and O–H groups in total. The van der Waals surface area contributed by atoms with Crippen LogP contribution in [0.4, 0.5) is 0 Å². The van der Waals surface area contributed by atoms with Gasteiger partial charge >= 0.3 is 0 Å². The van der Waals surface area contributed by atoms with Gasteiger partial charge in [0.1, 0.15) is 0 Å². The van der Waals surface area contributed by atoms with Gasteiger partial charge in [-0.3, -0.25) is 0 Å². The Morgan fingerprint density at radius 1 is 1.21 bits per heavy atom. The lowest BCUT2D eigenvalue weighted by Gasteiger charge is -2.22. The highest BCUT2D eigenvalue weighted by atomic mass is 15.5. The topological polar surface area (TPSA) is 55.6 Å². The molecule has 108 valence electrons. The van der Waals surface area contributed by atoms with Crippen LogP contribution in [0, 0.1) is 11.8 Å². The first-order chi connectivity index (χ1) is 9.16. The van der Waals surface area contributed by atoms with E-state index in [2.05, 4.69) is 41.6 Å². The Kier molecular flexibility index (Phi) is 5.31. The highest BCUT2D eigenvalue weighted by Gasteiger charge is 2.19. The van der Waals surface area contributed by atoms with Crippen LogP contribution in [-0.4, -0.2) is 26.8 Å². The Balaban J connectivity index is 1.92. The third-order valence-electron chi connectivity index (χ3n) is 3.94. The van der Waals surface area contributed by atoms with Crippen LogP contribution < -0.4 is 5.32 Å². The second kappa shape index (κ2) is 6.98. The molecule has 0 aromatic carbocycles. The Hall–Kier alpha value is -0.970. The van der Waals surface area contributed by atoms with E-state index in [1.165, 1.54) is 32.1 Å². The molecule has 0 radical (unpaired) electrons. The van der Waals surface area contributed by atoms with E-state index in [9.17, 15) is 0 Å². The third-order valence-corrected chi connectivity index (χ3v) is 3.94. The second-order valence-electron chi connectivity index (χ2n) is 6.25. The fourth-order valence-electron chi connectivity index (χ4n) is 2.77. The zero-order valence-corrected chi connectivity index (χ0v) is 12.5. The molecule has 19 heavy (non-hydrogen) atoms. The lowest BCUT2D eigenvalue weighted by molar-refractivity contribution is 0.297. The normalized spacial score (nSPS) is 18.9. The Morgan fingerprint density at radius 3 is 2.63 bits per heavy atom. The first-order valence-corrected chi connectivity index (χ1v) is 7.66. The van der Waals surface area contributed by atoms with Crippen molar-refractivity contribution in [3.05, 3.63) is 5.82 Å². The van der Waals surface area contributed by atoms with Crippen molar-refractivity contribution in [2.45, 2.75) is 65.5 Å². The van der Waals surface area contributed by atoms with Gasteiger partial charge in [-0.1, -0.05) is 33.1 Å². The molecular weight excluding hydrogens is 238 g/mol. The van der Waals surface area contributed by atoms with Crippen LogP contribution in [-0.2, 0) is 6.54 Å². The first kappa shape index (κ1) is 14.4. The number of nitrogens with one attached hydrogen (secondary N) is 1. The van der Waals surface area contributed by atoms with Gasteiger partial charge in [0.05, 0.1) is 6.04 Å². The van der Waals surface area contributed by atoms with Gasteiger partial charge in [-0.25, -0.2) is 4.68 Å². The molecule has 1 saturated carbocycles. The van der Waals surface area contributed by atoms with Crippen molar-refractivity contribution in [2.75, 3.05) is 6.54 Å². The fourth-order valence-corrected chi connectivity index (χ4v) is 2.77. The Labute approximate surface area is 116 Å². The standard InChI is InChI=1S/C14H27N5/c1-11(2)9-15-12(3)14-16-17-18-19(14)10-13-7-5-4-6-8-13/h11-13,15H,4-10H2,1-3H3. The van der Waals surface area contributed by atoms with E-state index < -0.39 is 0 Å². The average molecular weight is 265 g/mol. The summed E-state index contributed by atoms with van der Waals surface area (Å²) in [6, 6.07) is 0.223. The maximum atomic E-state index is 4.20. The SMILES string of the molecule is CC(C)CNC(C)c1nnnn1CC1CCCCC1. The van der Waals surface area contributed by atoms with Crippen LogP contribution in [0.25, 0.3) is 0 Å². The van der Waals surface area contributed by atoms with Crippen molar-refractivity contribution in [1.82, 2.24) is 25.5 Å². The van der Waals surface area contributed by atoms with Gasteiger partial charge in [-0.15, -0.1) is 5.10 Å². The molecule has 1 unspecified atom stereocenters. The van der Waals surface area contributed by atoms with Gasteiger partial charge in [0, 0.05) is 6.54 Å². The second-order valence-corrected chi connectivity index (χ2v) is 6.25. The molecule has 0 amide bonds. The largest absolute Gasteiger partial charge is 0.307 e. The molecular formula is C14H27N5. The fraction of sp³-hybridized carbons (Fsp3) is 0.929. The van der Waals surface area contributed by atoms with Crippen molar-refractivity contribution < 1.29 is 0 Å². The van der Waals surface area contributed by atoms with E-state index in [4.69, 9.17) is 0 Å². The molecule has 1 aliphatic rings. The smallest absolute Gasteiger partial charge is 0.167 e. The number of nitrogens with zero attached hydrogens (tertiary/aromatic N) is 4. The lowest BCUT2D eigenvalue weighted by atomic mass is 9.89. The minimum absolute atomic E-state index is 0.223. The molecule has 1 fully saturated rings. The van der Waals surface area contributed by atoms with Crippen LogP contribution >= 0.6 is 0 Å². The average Bonchev–Trinajstić information content (AvgIpc) is 2.85. The van der Waals surface area contributed by atoms with Crippen molar-refractivity contribution in [2.24, 2.45) is 11.8 Å². The highest BCUT2D eigenvalue weighted by Crippen LogP contribution is 2.25. The maximum Gasteiger partial charge on any atom is 0.167 e. The molecule has 0 spiro atoms. The maximum absolute atomic E-state index is 4.20. The quantitative estimate of drug-likeness (QED) is 0.859. The molecule has 5 heteroatoms. The van der Waals surface area contributed by atoms with Crippen LogP contribution in [0.2, 0.25) is 0 Å². The predicted octanol–water partition coefficient (Wildman–Crippen LogP) is 2.56. The summed E-state index contributed by atoms with van der Waals surface area (Å²) in [5.74, 6) is 2.38. The van der Waals surface area contributed by atoms with Crippen LogP contribution in [0.3, 0.4) is 0 Å². The summed E-state index contributed by atoms with van der Waals surface area (Å²) in [6.07, 6.45) is 6.78. The molecule has 2 rings (SSSR count). The summed E-state index contributed by atoms with van der Waals surface area (Å²) >= 11 is 0. The Bertz CT molecular complexity index is 368. The van der Waals surface area contributed by atoms with Gasteiger partial charge in [-0.05, 0) is 48.6 Å². The predicted molar refractivity (Wildman–Crippen MR) is 75.6 cm³/mol. The monoisotopic (exact) mass is 265 g/mol. The summed E-state index contributed by atoms with van der Waals surface area (Å²) in [4.78, 5) is 0. The summed E-state index contributed by atoms with van der Waals surface area (Å²) in [5.41, 5.74) is 0. The number of hydrogen-bond donors (Lipinski definition) is 1. The minimum Gasteiger partial charge on any atom is -0.307 e. The number of hydrogen-bond acceptors (Lipinski definition) is 4. The van der Waals surface area contributed by atoms with E-state index >= 15 is 0 Å². The molecule has 1 aromatic heterocycles. The van der Waals surface area contributed by atoms with Crippen molar-refractivity contribution in [1.29, 1.82) is 0 Å². The van der Waals surface area contributed by atoms with Crippen molar-refractivity contribution in [3.63, 3.8) is 0 Å². The summed E-state index contributed by atoms with van der Waals surface area (Å²) in [5, 5.41) is 15.7. The molecule has 1 atom stereocenters. The van der Waals surface area contributed by atoms with Crippen molar-refractivity contribution in [3.8, 4) is 0 Å². The third kappa shape index (κ3) is 4.27. The molecule has 1 aliphatic carbocycles. The van der Waals surface area contributed by atoms with Gasteiger partial charge in [0.15, 0.2) is 5.82 Å². The zero-order chi connectivity index (χ0) is 13.7. The number of aromatic nitrogens is 4. The summed E-state index contributed by atoms with van der Waals surface area (Å²) in [7, 11) is 0. The highest BCUT2D eigenvalue weighted by molar-refractivity contribution is 4.90. The molecule has 0 aliphatic heterocycles. The van der Waals surface area contributed by atoms with E-state index in [-0.39, 0.29) is 6.04 Å². The van der Waals surface area contributed by atoms with Gasteiger partial charge in [0.2, 0.25) is 0 Å². The molecule has 0 saturated heterocycles. The van der Waals surface area contributed by atoms with Gasteiger partial charge < -0.3 is 5.32 Å². The van der Waals surface area contributed by atoms with Gasteiger partial charge in [-0.2, -0.15) is 0 Å². The van der Waals surface area contributed by atoms with E-state index in [1.807, 2.05) is 4.68 Å². The summed E-state index contributed by atoms with van der Waals surface area (Å²) in [6.45, 7) is 8.55. The van der Waals surface area contributed by atoms with E-state index in [0.717, 1.165) is 24.8 Å². The number of rotatable bonds is 6. The van der Waals surface area contributed by atoms with E-state index in [0.29, 0.717) is 5.92 Å². The van der Waals surface area contributed by atoms with E-state index in [1.54, 1.807) is 0 Å². The van der Waals surface area contributed by atoms with Crippen LogP contribution in [0.5, 0.6) is 0 Å². The minimum atomic E-state index is 0.223. The molecule has 5 nitrogen and oxygen atoms in total. The van der Waals surface area contributed by atoms with Gasteiger partial charge in [0.25, 0.3) is 0 Å². The van der Waals surface area contributed by atoms with Crippen LogP contribution in [0.15, 0.2) is 0 Å². The summed E-state index contributed by atoms with van der Waals surface area (Å²) < 4.78 is 2.01. The van der Waals surface area contributed by atoms with Crippen LogP contribution in [0.1, 0.15) is 64.7 Å². The zero-order valence-electron chi connectivity index (χ0n) is 12.5. The molecule has 0 bridgehead atoms. The Morgan fingerprint density at radius 2 is 1.95 bits per heavy atom.